The molecule has 1 aliphatic heterocycles. The minimum atomic E-state index is -0.415. The molecule has 6 nitrogen and oxygen atoms in total. The van der Waals surface area contributed by atoms with Crippen LogP contribution in [-0.4, -0.2) is 36.6 Å². The molecule has 2 N–H and O–H groups in total. The van der Waals surface area contributed by atoms with Crippen molar-refractivity contribution in [3.05, 3.63) is 16.1 Å². The van der Waals surface area contributed by atoms with Crippen LogP contribution in [0.1, 0.15) is 48.1 Å². The molecule has 24 heavy (non-hydrogen) atoms. The monoisotopic (exact) mass is 397 g/mol. The molecule has 1 aromatic heterocycles. The average molecular weight is 398 g/mol. The van der Waals surface area contributed by atoms with Gasteiger partial charge in [0.2, 0.25) is 5.91 Å². The lowest BCUT2D eigenvalue weighted by molar-refractivity contribution is -0.121. The van der Waals surface area contributed by atoms with E-state index in [4.69, 9.17) is 4.74 Å². The number of hydrogen-bond acceptors (Lipinski definition) is 6. The molecule has 1 saturated heterocycles. The van der Waals surface area contributed by atoms with Crippen LogP contribution < -0.4 is 10.6 Å². The van der Waals surface area contributed by atoms with Crippen molar-refractivity contribution >= 4 is 48.0 Å². The molecule has 0 bridgehead atoms. The van der Waals surface area contributed by atoms with Crippen LogP contribution in [0.3, 0.4) is 0 Å². The van der Waals surface area contributed by atoms with Crippen LogP contribution in [0.25, 0.3) is 0 Å². The largest absolute Gasteiger partial charge is 0.461 e. The smallest absolute Gasteiger partial charge is 0.357 e. The van der Waals surface area contributed by atoms with Crippen LogP contribution >= 0.6 is 36.2 Å². The van der Waals surface area contributed by atoms with E-state index in [9.17, 15) is 9.59 Å². The maximum Gasteiger partial charge on any atom is 0.357 e. The molecule has 9 heteroatoms. The van der Waals surface area contributed by atoms with Crippen LogP contribution in [-0.2, 0) is 16.1 Å². The van der Waals surface area contributed by atoms with Crippen LogP contribution in [0.15, 0.2) is 5.38 Å². The quantitative estimate of drug-likeness (QED) is 0.690. The number of rotatable bonds is 7. The standard InChI is InChI=1S/C15H23N3O3S.2ClH/c1-2-21-15(20)12-10-22-14(18-12)9-17-13(19)4-3-11-5-7-16-8-6-11;;/h10-11,16H,2-9H2,1H3,(H,17,19);2*1H. The highest BCUT2D eigenvalue weighted by molar-refractivity contribution is 7.09. The van der Waals surface area contributed by atoms with Crippen molar-refractivity contribution in [2.45, 2.75) is 39.2 Å². The molecule has 0 aliphatic carbocycles. The van der Waals surface area contributed by atoms with Gasteiger partial charge in [-0.25, -0.2) is 9.78 Å². The van der Waals surface area contributed by atoms with Gasteiger partial charge < -0.3 is 15.4 Å². The first-order valence-electron chi connectivity index (χ1n) is 7.78. The normalized spacial score (nSPS) is 14.2. The first-order valence-corrected chi connectivity index (χ1v) is 8.66. The number of ether oxygens (including phenoxy) is 1. The topological polar surface area (TPSA) is 80.3 Å². The third kappa shape index (κ3) is 7.79. The Morgan fingerprint density at radius 2 is 2.08 bits per heavy atom. The molecule has 0 atom stereocenters. The second kappa shape index (κ2) is 12.5. The zero-order valence-electron chi connectivity index (χ0n) is 13.7. The van der Waals surface area contributed by atoms with Crippen molar-refractivity contribution in [2.75, 3.05) is 19.7 Å². The first kappa shape index (κ1) is 23.1. The van der Waals surface area contributed by atoms with E-state index in [1.54, 1.807) is 12.3 Å². The number of aromatic nitrogens is 1. The lowest BCUT2D eigenvalue weighted by atomic mass is 9.93. The average Bonchev–Trinajstić information content (AvgIpc) is 3.01. The van der Waals surface area contributed by atoms with E-state index in [2.05, 4.69) is 15.6 Å². The number of amides is 1. The predicted molar refractivity (Wildman–Crippen MR) is 99.2 cm³/mol. The van der Waals surface area contributed by atoms with Crippen LogP contribution in [0.5, 0.6) is 0 Å². The lowest BCUT2D eigenvalue weighted by Crippen LogP contribution is -2.29. The molecule has 0 radical (unpaired) electrons. The van der Waals surface area contributed by atoms with Gasteiger partial charge in [0.05, 0.1) is 13.2 Å². The Hall–Kier alpha value is -0.890. The Morgan fingerprint density at radius 3 is 2.75 bits per heavy atom. The molecule has 138 valence electrons. The highest BCUT2D eigenvalue weighted by Gasteiger charge is 2.15. The third-order valence-corrected chi connectivity index (χ3v) is 4.56. The number of carbonyl (C=O) groups excluding carboxylic acids is 2. The lowest BCUT2D eigenvalue weighted by Gasteiger charge is -2.22. The van der Waals surface area contributed by atoms with Crippen LogP contribution in [0, 0.1) is 5.92 Å². The van der Waals surface area contributed by atoms with Crippen LogP contribution in [0.4, 0.5) is 0 Å². The molecule has 1 aliphatic rings. The Kier molecular flexibility index (Phi) is 12.0. The van der Waals surface area contributed by atoms with Gasteiger partial charge in [0.15, 0.2) is 5.69 Å². The van der Waals surface area contributed by atoms with Gasteiger partial charge in [-0.2, -0.15) is 0 Å². The molecule has 0 spiro atoms. The SMILES string of the molecule is CCOC(=O)c1csc(CNC(=O)CCC2CCNCC2)n1.Cl.Cl. The predicted octanol–water partition coefficient (Wildman–Crippen LogP) is 2.56. The van der Waals surface area contributed by atoms with Crippen molar-refractivity contribution in [1.29, 1.82) is 0 Å². The first-order chi connectivity index (χ1) is 10.7. The summed E-state index contributed by atoms with van der Waals surface area (Å²) in [4.78, 5) is 27.5. The molecule has 1 fully saturated rings. The molecule has 0 unspecified atom stereocenters. The van der Waals surface area contributed by atoms with E-state index in [-0.39, 0.29) is 30.7 Å². The molecule has 1 amide bonds. The van der Waals surface area contributed by atoms with E-state index in [1.165, 1.54) is 11.3 Å². The summed E-state index contributed by atoms with van der Waals surface area (Å²) in [6.07, 6.45) is 3.81. The summed E-state index contributed by atoms with van der Waals surface area (Å²) in [5.41, 5.74) is 0.311. The van der Waals surface area contributed by atoms with Gasteiger partial charge in [-0.05, 0) is 45.2 Å². The van der Waals surface area contributed by atoms with Crippen molar-refractivity contribution in [1.82, 2.24) is 15.6 Å². The van der Waals surface area contributed by atoms with Gasteiger partial charge in [0.1, 0.15) is 5.01 Å². The highest BCUT2D eigenvalue weighted by Crippen LogP contribution is 2.17. The zero-order valence-corrected chi connectivity index (χ0v) is 16.2. The fourth-order valence-electron chi connectivity index (χ4n) is 2.46. The Labute approximate surface area is 159 Å². The molecule has 1 aromatic rings. The highest BCUT2D eigenvalue weighted by atomic mass is 35.5. The summed E-state index contributed by atoms with van der Waals surface area (Å²) >= 11 is 1.36. The number of piperidine rings is 1. The summed E-state index contributed by atoms with van der Waals surface area (Å²) in [6, 6.07) is 0. The van der Waals surface area contributed by atoms with Crippen molar-refractivity contribution in [3.63, 3.8) is 0 Å². The van der Waals surface area contributed by atoms with E-state index >= 15 is 0 Å². The molecule has 0 saturated carbocycles. The Bertz CT molecular complexity index is 508. The third-order valence-electron chi connectivity index (χ3n) is 3.71. The van der Waals surface area contributed by atoms with Gasteiger partial charge in [-0.1, -0.05) is 0 Å². The molecular weight excluding hydrogens is 373 g/mol. The van der Waals surface area contributed by atoms with E-state index in [1.807, 2.05) is 0 Å². The molecular formula is C15H25Cl2N3O3S. The summed E-state index contributed by atoms with van der Waals surface area (Å²) in [7, 11) is 0. The minimum absolute atomic E-state index is 0. The van der Waals surface area contributed by atoms with Gasteiger partial charge in [0, 0.05) is 11.8 Å². The number of carbonyl (C=O) groups is 2. The van der Waals surface area contributed by atoms with Crippen molar-refractivity contribution < 1.29 is 14.3 Å². The maximum atomic E-state index is 11.9. The van der Waals surface area contributed by atoms with E-state index in [0.29, 0.717) is 31.2 Å². The Morgan fingerprint density at radius 1 is 1.38 bits per heavy atom. The van der Waals surface area contributed by atoms with Gasteiger partial charge in [0.25, 0.3) is 0 Å². The minimum Gasteiger partial charge on any atom is -0.461 e. The Balaban J connectivity index is 0.00000264. The number of nitrogens with one attached hydrogen (secondary N) is 2. The van der Waals surface area contributed by atoms with E-state index in [0.717, 1.165) is 37.4 Å². The maximum absolute atomic E-state index is 11.9. The van der Waals surface area contributed by atoms with E-state index < -0.39 is 5.97 Å². The number of esters is 1. The zero-order chi connectivity index (χ0) is 15.8. The number of nitrogens with zero attached hydrogens (tertiary/aromatic N) is 1. The fourth-order valence-corrected chi connectivity index (χ4v) is 3.16. The van der Waals surface area contributed by atoms with Crippen LogP contribution in [0.2, 0.25) is 0 Å². The molecule has 2 heterocycles. The fraction of sp³-hybridized carbons (Fsp3) is 0.667. The second-order valence-electron chi connectivity index (χ2n) is 5.36. The summed E-state index contributed by atoms with van der Waals surface area (Å²) < 4.78 is 4.89. The number of thiazole rings is 1. The van der Waals surface area contributed by atoms with Crippen molar-refractivity contribution in [2.24, 2.45) is 5.92 Å². The van der Waals surface area contributed by atoms with Crippen molar-refractivity contribution in [3.8, 4) is 0 Å². The summed E-state index contributed by atoms with van der Waals surface area (Å²) in [5, 5.41) is 8.57. The molecule has 0 aromatic carbocycles. The van der Waals surface area contributed by atoms with Gasteiger partial charge >= 0.3 is 5.97 Å². The van der Waals surface area contributed by atoms with Gasteiger partial charge in [-0.15, -0.1) is 36.2 Å². The number of halogens is 2. The summed E-state index contributed by atoms with van der Waals surface area (Å²) in [6.45, 7) is 4.58. The molecule has 2 rings (SSSR count). The second-order valence-corrected chi connectivity index (χ2v) is 6.30. The van der Waals surface area contributed by atoms with Gasteiger partial charge in [-0.3, -0.25) is 4.79 Å². The summed E-state index contributed by atoms with van der Waals surface area (Å²) in [5.74, 6) is 0.288. The number of hydrogen-bond donors (Lipinski definition) is 2.